The highest BCUT2D eigenvalue weighted by atomic mass is 35.5. The van der Waals surface area contributed by atoms with Crippen molar-refractivity contribution in [1.82, 2.24) is 4.90 Å². The second kappa shape index (κ2) is 6.01. The van der Waals surface area contributed by atoms with Gasteiger partial charge in [-0.25, -0.2) is 0 Å². The van der Waals surface area contributed by atoms with E-state index in [0.717, 1.165) is 36.4 Å². The van der Waals surface area contributed by atoms with Gasteiger partial charge in [-0.3, -0.25) is 4.79 Å². The van der Waals surface area contributed by atoms with Crippen LogP contribution in [0.1, 0.15) is 36.3 Å². The van der Waals surface area contributed by atoms with Crippen molar-refractivity contribution < 1.29 is 4.79 Å². The maximum absolute atomic E-state index is 13.0. The van der Waals surface area contributed by atoms with Gasteiger partial charge in [0.2, 0.25) is 5.91 Å². The zero-order valence-electron chi connectivity index (χ0n) is 13.0. The molecule has 23 heavy (non-hydrogen) atoms. The van der Waals surface area contributed by atoms with Crippen molar-refractivity contribution in [2.24, 2.45) is 5.92 Å². The van der Waals surface area contributed by atoms with Gasteiger partial charge < -0.3 is 4.90 Å². The maximum atomic E-state index is 13.0. The number of benzene rings is 2. The first kappa shape index (κ1) is 14.8. The van der Waals surface area contributed by atoms with Crippen molar-refractivity contribution in [3.8, 4) is 0 Å². The Balaban J connectivity index is 1.48. The highest BCUT2D eigenvalue weighted by molar-refractivity contribution is 6.31. The van der Waals surface area contributed by atoms with E-state index >= 15 is 0 Å². The van der Waals surface area contributed by atoms with E-state index in [9.17, 15) is 4.79 Å². The van der Waals surface area contributed by atoms with Crippen LogP contribution in [0.4, 0.5) is 0 Å². The Hall–Kier alpha value is -1.80. The van der Waals surface area contributed by atoms with Crippen LogP contribution < -0.4 is 0 Å². The second-order valence-corrected chi connectivity index (χ2v) is 7.06. The molecule has 2 aliphatic carbocycles. The van der Waals surface area contributed by atoms with Crippen molar-refractivity contribution >= 4 is 17.5 Å². The smallest absolute Gasteiger partial charge is 0.226 e. The minimum Gasteiger partial charge on any atom is -0.335 e. The Kier molecular flexibility index (Phi) is 3.86. The predicted molar refractivity (Wildman–Crippen MR) is 92.3 cm³/mol. The molecule has 0 aromatic heterocycles. The van der Waals surface area contributed by atoms with Crippen molar-refractivity contribution in [3.63, 3.8) is 0 Å². The van der Waals surface area contributed by atoms with E-state index in [1.165, 1.54) is 5.56 Å². The summed E-state index contributed by atoms with van der Waals surface area (Å²) in [4.78, 5) is 15.1. The summed E-state index contributed by atoms with van der Waals surface area (Å²) in [5, 5.41) is 0.786. The molecule has 2 unspecified atom stereocenters. The first-order valence-corrected chi connectivity index (χ1v) is 8.70. The Bertz CT molecular complexity index is 711. The van der Waals surface area contributed by atoms with E-state index in [-0.39, 0.29) is 5.92 Å². The standard InChI is InChI=1S/C20H20ClNO/c21-19-9-5-4-8-16(19)17-12-18(17)20(23)22(15-10-11-15)13-14-6-2-1-3-7-14/h1-9,15,17-18H,10-13H2. The van der Waals surface area contributed by atoms with Crippen molar-refractivity contribution in [3.05, 3.63) is 70.7 Å². The molecule has 2 atom stereocenters. The van der Waals surface area contributed by atoms with Gasteiger partial charge in [-0.1, -0.05) is 60.1 Å². The molecule has 2 aliphatic rings. The normalized spacial score (nSPS) is 22.7. The minimum atomic E-state index is 0.110. The van der Waals surface area contributed by atoms with Gasteiger partial charge in [-0.15, -0.1) is 0 Å². The molecule has 0 N–H and O–H groups in total. The molecule has 2 aromatic carbocycles. The molecule has 2 fully saturated rings. The van der Waals surface area contributed by atoms with Crippen LogP contribution in [0.3, 0.4) is 0 Å². The van der Waals surface area contributed by atoms with E-state index in [0.29, 0.717) is 17.9 Å². The van der Waals surface area contributed by atoms with Crippen LogP contribution in [-0.4, -0.2) is 16.8 Å². The number of halogens is 1. The van der Waals surface area contributed by atoms with E-state index in [4.69, 9.17) is 11.6 Å². The molecule has 0 aliphatic heterocycles. The molecule has 0 saturated heterocycles. The summed E-state index contributed by atoms with van der Waals surface area (Å²) in [6.07, 6.45) is 3.21. The first-order valence-electron chi connectivity index (χ1n) is 8.33. The Morgan fingerprint density at radius 3 is 2.43 bits per heavy atom. The van der Waals surface area contributed by atoms with Crippen LogP contribution in [0, 0.1) is 5.92 Å². The lowest BCUT2D eigenvalue weighted by Gasteiger charge is -2.23. The van der Waals surface area contributed by atoms with Gasteiger partial charge in [0.15, 0.2) is 0 Å². The first-order chi connectivity index (χ1) is 11.2. The third-order valence-corrected chi connectivity index (χ3v) is 5.22. The molecule has 0 radical (unpaired) electrons. The minimum absolute atomic E-state index is 0.110. The van der Waals surface area contributed by atoms with Crippen LogP contribution in [0.15, 0.2) is 54.6 Å². The maximum Gasteiger partial charge on any atom is 0.226 e. The number of amides is 1. The fourth-order valence-electron chi connectivity index (χ4n) is 3.35. The molecular formula is C20H20ClNO. The Morgan fingerprint density at radius 1 is 1.04 bits per heavy atom. The summed E-state index contributed by atoms with van der Waals surface area (Å²) in [6, 6.07) is 18.6. The quantitative estimate of drug-likeness (QED) is 0.784. The molecule has 118 valence electrons. The molecule has 1 amide bonds. The highest BCUT2D eigenvalue weighted by Gasteiger charge is 2.48. The topological polar surface area (TPSA) is 20.3 Å². The molecule has 2 saturated carbocycles. The van der Waals surface area contributed by atoms with E-state index in [2.05, 4.69) is 23.1 Å². The van der Waals surface area contributed by atoms with E-state index < -0.39 is 0 Å². The fourth-order valence-corrected chi connectivity index (χ4v) is 3.63. The fraction of sp³-hybridized carbons (Fsp3) is 0.350. The largest absolute Gasteiger partial charge is 0.335 e. The number of hydrogen-bond acceptors (Lipinski definition) is 1. The average Bonchev–Trinajstić information content (AvgIpc) is 3.47. The van der Waals surface area contributed by atoms with Gasteiger partial charge in [0, 0.05) is 23.5 Å². The predicted octanol–water partition coefficient (Wildman–Crippen LogP) is 4.63. The number of rotatable bonds is 5. The van der Waals surface area contributed by atoms with Crippen LogP contribution in [0.5, 0.6) is 0 Å². The van der Waals surface area contributed by atoms with Crippen LogP contribution >= 0.6 is 11.6 Å². The van der Waals surface area contributed by atoms with Gasteiger partial charge in [0.1, 0.15) is 0 Å². The van der Waals surface area contributed by atoms with Gasteiger partial charge >= 0.3 is 0 Å². The second-order valence-electron chi connectivity index (χ2n) is 6.65. The highest BCUT2D eigenvalue weighted by Crippen LogP contribution is 2.51. The summed E-state index contributed by atoms with van der Waals surface area (Å²) >= 11 is 6.29. The lowest BCUT2D eigenvalue weighted by Crippen LogP contribution is -2.34. The number of hydrogen-bond donors (Lipinski definition) is 0. The molecule has 2 aromatic rings. The summed E-state index contributed by atoms with van der Waals surface area (Å²) in [5.41, 5.74) is 2.34. The molecule has 4 rings (SSSR count). The molecule has 0 bridgehead atoms. The summed E-state index contributed by atoms with van der Waals surface area (Å²) in [7, 11) is 0. The van der Waals surface area contributed by atoms with Crippen molar-refractivity contribution in [2.75, 3.05) is 0 Å². The van der Waals surface area contributed by atoms with Crippen LogP contribution in [-0.2, 0) is 11.3 Å². The summed E-state index contributed by atoms with van der Waals surface area (Å²) in [5.74, 6) is 0.716. The van der Waals surface area contributed by atoms with Crippen LogP contribution in [0.25, 0.3) is 0 Å². The Morgan fingerprint density at radius 2 is 1.74 bits per heavy atom. The van der Waals surface area contributed by atoms with E-state index in [1.54, 1.807) is 0 Å². The van der Waals surface area contributed by atoms with Crippen molar-refractivity contribution in [2.45, 2.75) is 37.8 Å². The number of carbonyl (C=O) groups excluding carboxylic acids is 1. The molecule has 0 spiro atoms. The van der Waals surface area contributed by atoms with Crippen LogP contribution in [0.2, 0.25) is 5.02 Å². The molecular weight excluding hydrogens is 306 g/mol. The number of carbonyl (C=O) groups is 1. The molecule has 2 nitrogen and oxygen atoms in total. The molecule has 0 heterocycles. The Labute approximate surface area is 142 Å². The summed E-state index contributed by atoms with van der Waals surface area (Å²) in [6.45, 7) is 0.732. The number of nitrogens with zero attached hydrogens (tertiary/aromatic N) is 1. The molecule has 3 heteroatoms. The van der Waals surface area contributed by atoms with E-state index in [1.807, 2.05) is 36.4 Å². The van der Waals surface area contributed by atoms with Gasteiger partial charge in [-0.05, 0) is 42.4 Å². The lowest BCUT2D eigenvalue weighted by molar-refractivity contribution is -0.133. The zero-order valence-corrected chi connectivity index (χ0v) is 13.7. The SMILES string of the molecule is O=C(C1CC1c1ccccc1Cl)N(Cc1ccccc1)C1CC1. The monoisotopic (exact) mass is 325 g/mol. The third-order valence-electron chi connectivity index (χ3n) is 4.88. The average molecular weight is 326 g/mol. The van der Waals surface area contributed by atoms with Gasteiger partial charge in [0.25, 0.3) is 0 Å². The van der Waals surface area contributed by atoms with Crippen molar-refractivity contribution in [1.29, 1.82) is 0 Å². The van der Waals surface area contributed by atoms with Gasteiger partial charge in [0.05, 0.1) is 0 Å². The zero-order chi connectivity index (χ0) is 15.8. The third kappa shape index (κ3) is 3.13. The lowest BCUT2D eigenvalue weighted by atomic mass is 10.1. The van der Waals surface area contributed by atoms with Gasteiger partial charge in [-0.2, -0.15) is 0 Å². The summed E-state index contributed by atoms with van der Waals surface area (Å²) < 4.78 is 0.